The smallest absolute Gasteiger partial charge is 0.317 e. The quantitative estimate of drug-likeness (QED) is 0.427. The van der Waals surface area contributed by atoms with Crippen molar-refractivity contribution in [3.05, 3.63) is 74.7 Å². The highest BCUT2D eigenvalue weighted by Crippen LogP contribution is 2.24. The summed E-state index contributed by atoms with van der Waals surface area (Å²) < 4.78 is 10.9. The second-order valence-corrected chi connectivity index (χ2v) is 6.84. The van der Waals surface area contributed by atoms with Crippen LogP contribution in [0.4, 0.5) is 0 Å². The van der Waals surface area contributed by atoms with Crippen molar-refractivity contribution < 1.29 is 14.3 Å². The third kappa shape index (κ3) is 5.19. The highest BCUT2D eigenvalue weighted by molar-refractivity contribution is 7.09. The molecule has 2 aromatic carbocycles. The molecular formula is C18H13Cl2NO3S. The maximum atomic E-state index is 12.0. The van der Waals surface area contributed by atoms with Crippen molar-refractivity contribution in [2.75, 3.05) is 0 Å². The third-order valence-electron chi connectivity index (χ3n) is 3.16. The van der Waals surface area contributed by atoms with Gasteiger partial charge >= 0.3 is 5.97 Å². The van der Waals surface area contributed by atoms with E-state index in [1.165, 1.54) is 11.3 Å². The summed E-state index contributed by atoms with van der Waals surface area (Å²) in [5, 5.41) is 3.64. The number of ether oxygens (including phenoxy) is 2. The van der Waals surface area contributed by atoms with Crippen LogP contribution >= 0.6 is 34.5 Å². The Labute approximate surface area is 158 Å². The van der Waals surface area contributed by atoms with E-state index in [0.717, 1.165) is 5.01 Å². The number of rotatable bonds is 6. The molecule has 0 saturated carbocycles. The van der Waals surface area contributed by atoms with Crippen molar-refractivity contribution in [2.24, 2.45) is 0 Å². The summed E-state index contributed by atoms with van der Waals surface area (Å²) in [6, 6.07) is 13.9. The fraction of sp³-hybridized carbons (Fsp3) is 0.111. The SMILES string of the molecule is O=C(Cc1csc(COc2ccc(Cl)cc2)n1)Oc1ccccc1Cl. The predicted octanol–water partition coefficient (Wildman–Crippen LogP) is 5.18. The van der Waals surface area contributed by atoms with Crippen LogP contribution in [-0.4, -0.2) is 11.0 Å². The number of aromatic nitrogens is 1. The minimum Gasteiger partial charge on any atom is -0.486 e. The molecule has 1 heterocycles. The molecule has 4 nitrogen and oxygen atoms in total. The number of carbonyl (C=O) groups is 1. The maximum Gasteiger partial charge on any atom is 0.317 e. The normalized spacial score (nSPS) is 10.5. The van der Waals surface area contributed by atoms with Gasteiger partial charge in [-0.1, -0.05) is 35.3 Å². The Morgan fingerprint density at radius 2 is 1.84 bits per heavy atom. The maximum absolute atomic E-state index is 12.0. The fourth-order valence-electron chi connectivity index (χ4n) is 2.01. The number of esters is 1. The number of thiazole rings is 1. The molecule has 0 aliphatic carbocycles. The number of carbonyl (C=O) groups excluding carboxylic acids is 1. The summed E-state index contributed by atoms with van der Waals surface area (Å²) >= 11 is 13.2. The van der Waals surface area contributed by atoms with Crippen LogP contribution in [0.15, 0.2) is 53.9 Å². The van der Waals surface area contributed by atoms with E-state index in [-0.39, 0.29) is 6.42 Å². The zero-order valence-electron chi connectivity index (χ0n) is 12.9. The van der Waals surface area contributed by atoms with E-state index in [1.807, 2.05) is 5.38 Å². The molecule has 0 bridgehead atoms. The Kier molecular flexibility index (Phi) is 5.91. The Morgan fingerprint density at radius 1 is 1.08 bits per heavy atom. The number of hydrogen-bond donors (Lipinski definition) is 0. The van der Waals surface area contributed by atoms with Gasteiger partial charge in [-0.3, -0.25) is 4.79 Å². The first kappa shape index (κ1) is 17.7. The molecule has 3 aromatic rings. The van der Waals surface area contributed by atoms with Crippen LogP contribution in [0.3, 0.4) is 0 Å². The number of para-hydroxylation sites is 1. The number of hydrogen-bond acceptors (Lipinski definition) is 5. The predicted molar refractivity (Wildman–Crippen MR) is 98.7 cm³/mol. The molecule has 3 rings (SSSR count). The van der Waals surface area contributed by atoms with Crippen molar-refractivity contribution in [2.45, 2.75) is 13.0 Å². The van der Waals surface area contributed by atoms with E-state index in [9.17, 15) is 4.79 Å². The Hall–Kier alpha value is -2.08. The monoisotopic (exact) mass is 393 g/mol. The lowest BCUT2D eigenvalue weighted by atomic mass is 10.3. The van der Waals surface area contributed by atoms with Crippen LogP contribution in [0, 0.1) is 0 Å². The van der Waals surface area contributed by atoms with Crippen molar-refractivity contribution in [1.82, 2.24) is 4.98 Å². The van der Waals surface area contributed by atoms with Gasteiger partial charge in [0.2, 0.25) is 0 Å². The van der Waals surface area contributed by atoms with Gasteiger partial charge in [-0.2, -0.15) is 0 Å². The van der Waals surface area contributed by atoms with Crippen LogP contribution in [0.5, 0.6) is 11.5 Å². The summed E-state index contributed by atoms with van der Waals surface area (Å²) in [4.78, 5) is 16.4. The van der Waals surface area contributed by atoms with Gasteiger partial charge in [0.05, 0.1) is 17.1 Å². The van der Waals surface area contributed by atoms with E-state index < -0.39 is 5.97 Å². The van der Waals surface area contributed by atoms with E-state index in [0.29, 0.717) is 33.8 Å². The largest absolute Gasteiger partial charge is 0.486 e. The number of nitrogens with zero attached hydrogens (tertiary/aromatic N) is 1. The zero-order valence-corrected chi connectivity index (χ0v) is 15.3. The minimum atomic E-state index is -0.413. The second-order valence-electron chi connectivity index (χ2n) is 5.06. The molecule has 0 aliphatic rings. The van der Waals surface area contributed by atoms with Crippen LogP contribution in [0.2, 0.25) is 10.0 Å². The van der Waals surface area contributed by atoms with E-state index in [1.54, 1.807) is 48.5 Å². The molecule has 0 unspecified atom stereocenters. The van der Waals surface area contributed by atoms with Gasteiger partial charge in [-0.15, -0.1) is 11.3 Å². The van der Waals surface area contributed by atoms with Crippen LogP contribution in [-0.2, 0) is 17.8 Å². The lowest BCUT2D eigenvalue weighted by molar-refractivity contribution is -0.133. The van der Waals surface area contributed by atoms with Crippen molar-refractivity contribution >= 4 is 40.5 Å². The van der Waals surface area contributed by atoms with Gasteiger partial charge < -0.3 is 9.47 Å². The van der Waals surface area contributed by atoms with Gasteiger partial charge in [-0.05, 0) is 36.4 Å². The Bertz CT molecular complexity index is 865. The summed E-state index contributed by atoms with van der Waals surface area (Å²) in [6.07, 6.45) is 0.0721. The van der Waals surface area contributed by atoms with Crippen molar-refractivity contribution in [1.29, 1.82) is 0 Å². The van der Waals surface area contributed by atoms with Crippen molar-refractivity contribution in [3.8, 4) is 11.5 Å². The summed E-state index contributed by atoms with van der Waals surface area (Å²) in [5.41, 5.74) is 0.636. The topological polar surface area (TPSA) is 48.4 Å². The van der Waals surface area contributed by atoms with E-state index >= 15 is 0 Å². The van der Waals surface area contributed by atoms with Gasteiger partial charge in [0.15, 0.2) is 0 Å². The molecule has 0 saturated heterocycles. The molecule has 0 radical (unpaired) electrons. The van der Waals surface area contributed by atoms with Gasteiger partial charge in [0.1, 0.15) is 23.1 Å². The molecular weight excluding hydrogens is 381 g/mol. The highest BCUT2D eigenvalue weighted by atomic mass is 35.5. The molecule has 1 aromatic heterocycles. The highest BCUT2D eigenvalue weighted by Gasteiger charge is 2.12. The molecule has 128 valence electrons. The lowest BCUT2D eigenvalue weighted by Gasteiger charge is -2.05. The molecule has 0 atom stereocenters. The fourth-order valence-corrected chi connectivity index (χ4v) is 3.01. The average Bonchev–Trinajstić information content (AvgIpc) is 3.04. The molecule has 0 aliphatic heterocycles. The first-order chi connectivity index (χ1) is 12.1. The Balaban J connectivity index is 1.53. The first-order valence-corrected chi connectivity index (χ1v) is 9.00. The molecule has 0 N–H and O–H groups in total. The Morgan fingerprint density at radius 3 is 2.60 bits per heavy atom. The average molecular weight is 394 g/mol. The van der Waals surface area contributed by atoms with Crippen LogP contribution in [0.1, 0.15) is 10.7 Å². The molecule has 0 spiro atoms. The molecule has 0 amide bonds. The minimum absolute atomic E-state index is 0.0721. The van der Waals surface area contributed by atoms with E-state index in [2.05, 4.69) is 4.98 Å². The summed E-state index contributed by atoms with van der Waals surface area (Å²) in [5.74, 6) is 0.638. The van der Waals surface area contributed by atoms with Gasteiger partial charge in [0.25, 0.3) is 0 Å². The summed E-state index contributed by atoms with van der Waals surface area (Å²) in [6.45, 7) is 0.325. The number of benzene rings is 2. The first-order valence-electron chi connectivity index (χ1n) is 7.37. The lowest BCUT2D eigenvalue weighted by Crippen LogP contribution is -2.11. The van der Waals surface area contributed by atoms with E-state index in [4.69, 9.17) is 32.7 Å². The van der Waals surface area contributed by atoms with Gasteiger partial charge in [-0.25, -0.2) is 4.98 Å². The van der Waals surface area contributed by atoms with Gasteiger partial charge in [0, 0.05) is 10.4 Å². The molecule has 7 heteroatoms. The van der Waals surface area contributed by atoms with Crippen LogP contribution < -0.4 is 9.47 Å². The standard InChI is InChI=1S/C18H13Cl2NO3S/c19-12-5-7-14(8-6-12)23-10-17-21-13(11-25-17)9-18(22)24-16-4-2-1-3-15(16)20/h1-8,11H,9-10H2. The zero-order chi connectivity index (χ0) is 17.6. The number of halogens is 2. The molecule has 25 heavy (non-hydrogen) atoms. The summed E-state index contributed by atoms with van der Waals surface area (Å²) in [7, 11) is 0. The molecule has 0 fully saturated rings. The third-order valence-corrected chi connectivity index (χ3v) is 4.60. The second kappa shape index (κ2) is 8.34. The van der Waals surface area contributed by atoms with Crippen LogP contribution in [0.25, 0.3) is 0 Å². The van der Waals surface area contributed by atoms with Crippen molar-refractivity contribution in [3.63, 3.8) is 0 Å².